The fourth-order valence-corrected chi connectivity index (χ4v) is 3.35. The number of hydrogen-bond donors (Lipinski definition) is 0. The first kappa shape index (κ1) is 19.2. The van der Waals surface area contributed by atoms with Gasteiger partial charge in [-0.15, -0.1) is 0 Å². The molecule has 0 saturated carbocycles. The van der Waals surface area contributed by atoms with E-state index in [9.17, 15) is 4.39 Å². The zero-order valence-corrected chi connectivity index (χ0v) is 16.6. The monoisotopic (exact) mass is 392 g/mol. The molecule has 1 aliphatic heterocycles. The third-order valence-electron chi connectivity index (χ3n) is 5.05. The van der Waals surface area contributed by atoms with Crippen LogP contribution in [0.4, 0.5) is 10.1 Å². The average Bonchev–Trinajstić information content (AvgIpc) is 2.75. The first-order valence-corrected chi connectivity index (χ1v) is 9.55. The number of piperazine rings is 1. The minimum absolute atomic E-state index is 0.182. The number of halogens is 1. The van der Waals surface area contributed by atoms with Crippen LogP contribution in [0.3, 0.4) is 0 Å². The zero-order valence-electron chi connectivity index (χ0n) is 16.6. The summed E-state index contributed by atoms with van der Waals surface area (Å²) in [5, 5.41) is 0. The van der Waals surface area contributed by atoms with Crippen molar-refractivity contribution in [3.05, 3.63) is 66.7 Å². The van der Waals surface area contributed by atoms with Crippen molar-refractivity contribution in [2.24, 2.45) is 0 Å². The summed E-state index contributed by atoms with van der Waals surface area (Å²) in [6, 6.07) is 14.6. The highest BCUT2D eigenvalue weighted by Crippen LogP contribution is 2.30. The van der Waals surface area contributed by atoms with Gasteiger partial charge in [0.05, 0.1) is 19.5 Å². The summed E-state index contributed by atoms with van der Waals surface area (Å²) in [5.41, 5.74) is 2.61. The number of anilines is 1. The Kier molecular flexibility index (Phi) is 5.62. The summed E-state index contributed by atoms with van der Waals surface area (Å²) in [6.07, 6.45) is 4.55. The highest BCUT2D eigenvalue weighted by molar-refractivity contribution is 5.65. The van der Waals surface area contributed by atoms with Crippen molar-refractivity contribution in [2.45, 2.75) is 0 Å². The second-order valence-electron chi connectivity index (χ2n) is 7.07. The van der Waals surface area contributed by atoms with Gasteiger partial charge in [-0.1, -0.05) is 12.1 Å². The van der Waals surface area contributed by atoms with Gasteiger partial charge in [0.1, 0.15) is 11.5 Å². The molecule has 1 aliphatic rings. The number of hydrogen-bond acceptors (Lipinski definition) is 5. The molecule has 0 N–H and O–H groups in total. The van der Waals surface area contributed by atoms with Gasteiger partial charge >= 0.3 is 0 Å². The van der Waals surface area contributed by atoms with E-state index >= 15 is 0 Å². The molecule has 29 heavy (non-hydrogen) atoms. The fourth-order valence-electron chi connectivity index (χ4n) is 3.35. The molecule has 3 aromatic rings. The lowest BCUT2D eigenvalue weighted by Crippen LogP contribution is -2.44. The number of rotatable bonds is 5. The Labute approximate surface area is 170 Å². The van der Waals surface area contributed by atoms with E-state index in [0.29, 0.717) is 11.3 Å². The highest BCUT2D eigenvalue weighted by Gasteiger charge is 2.15. The molecule has 2 heterocycles. The number of pyridine rings is 1. The van der Waals surface area contributed by atoms with Crippen LogP contribution >= 0.6 is 0 Å². The molecule has 0 unspecified atom stereocenters. The Bertz CT molecular complexity index is 987. The molecule has 149 valence electrons. The average molecular weight is 392 g/mol. The van der Waals surface area contributed by atoms with E-state index in [2.05, 4.69) is 34.1 Å². The smallest absolute Gasteiger partial charge is 0.165 e. The van der Waals surface area contributed by atoms with Crippen molar-refractivity contribution in [1.82, 2.24) is 9.88 Å². The van der Waals surface area contributed by atoms with Crippen molar-refractivity contribution < 1.29 is 13.9 Å². The summed E-state index contributed by atoms with van der Waals surface area (Å²) in [7, 11) is 3.58. The number of likely N-dealkylation sites (N-methyl/N-ethyl adjacent to an activating group) is 1. The number of nitrogens with zero attached hydrogens (tertiary/aromatic N) is 3. The minimum Gasteiger partial charge on any atom is -0.494 e. The van der Waals surface area contributed by atoms with Crippen molar-refractivity contribution in [1.29, 1.82) is 0 Å². The lowest BCUT2D eigenvalue weighted by Gasteiger charge is -2.34. The second kappa shape index (κ2) is 8.49. The molecule has 1 saturated heterocycles. The molecule has 4 rings (SSSR count). The molecule has 0 atom stereocenters. The lowest BCUT2D eigenvalue weighted by molar-refractivity contribution is 0.313. The van der Waals surface area contributed by atoms with E-state index in [1.54, 1.807) is 18.3 Å². The van der Waals surface area contributed by atoms with Crippen molar-refractivity contribution >= 4 is 5.69 Å². The Morgan fingerprint density at radius 2 is 1.83 bits per heavy atom. The predicted molar refractivity (Wildman–Crippen MR) is 111 cm³/mol. The number of ether oxygens (including phenoxy) is 2. The third kappa shape index (κ3) is 4.49. The van der Waals surface area contributed by atoms with Crippen LogP contribution in [0.5, 0.6) is 17.2 Å². The summed E-state index contributed by atoms with van der Waals surface area (Å²) in [5.74, 6) is 1.12. The molecule has 0 aliphatic carbocycles. The molecule has 0 amide bonds. The maximum Gasteiger partial charge on any atom is 0.165 e. The lowest BCUT2D eigenvalue weighted by atomic mass is 10.1. The van der Waals surface area contributed by atoms with Gasteiger partial charge in [0.15, 0.2) is 11.6 Å². The van der Waals surface area contributed by atoms with Crippen LogP contribution in [0.25, 0.3) is 11.1 Å². The molecule has 5 nitrogen and oxygen atoms in total. The zero-order chi connectivity index (χ0) is 20.2. The van der Waals surface area contributed by atoms with Gasteiger partial charge < -0.3 is 19.3 Å². The molecule has 1 aromatic heterocycles. The summed E-state index contributed by atoms with van der Waals surface area (Å²) in [6.45, 7) is 4.10. The standard InChI is InChI=1S/C23H23FN3O2/c1-26-8-10-27(11-9-26)19-4-3-5-20(14-19)29-21-12-18(15-25-16-21)17-6-7-22(24)23(13-17)28-2/h3-7,12-14,16H,8-11H2,1-2H3. The summed E-state index contributed by atoms with van der Waals surface area (Å²) >= 11 is 0. The van der Waals surface area contributed by atoms with Gasteiger partial charge in [-0.05, 0) is 42.9 Å². The first-order chi connectivity index (χ1) is 14.1. The Morgan fingerprint density at radius 1 is 1.00 bits per heavy atom. The molecule has 1 fully saturated rings. The summed E-state index contributed by atoms with van der Waals surface area (Å²) in [4.78, 5) is 8.84. The molecule has 6 heteroatoms. The molecular weight excluding hydrogens is 369 g/mol. The summed E-state index contributed by atoms with van der Waals surface area (Å²) < 4.78 is 24.8. The molecule has 2 aromatic carbocycles. The molecule has 1 radical (unpaired) electrons. The predicted octanol–water partition coefficient (Wildman–Crippen LogP) is 4.24. The van der Waals surface area contributed by atoms with Gasteiger partial charge in [0.2, 0.25) is 0 Å². The van der Waals surface area contributed by atoms with Crippen LogP contribution in [0.1, 0.15) is 0 Å². The maximum atomic E-state index is 13.7. The minimum atomic E-state index is -0.405. The van der Waals surface area contributed by atoms with E-state index in [-0.39, 0.29) is 5.75 Å². The van der Waals surface area contributed by atoms with E-state index in [1.807, 2.05) is 24.3 Å². The van der Waals surface area contributed by atoms with E-state index in [1.165, 1.54) is 13.2 Å². The van der Waals surface area contributed by atoms with Crippen LogP contribution in [-0.4, -0.2) is 50.2 Å². The van der Waals surface area contributed by atoms with Crippen LogP contribution < -0.4 is 14.4 Å². The number of benzene rings is 2. The quantitative estimate of drug-likeness (QED) is 0.649. The maximum absolute atomic E-state index is 13.7. The van der Waals surface area contributed by atoms with Gasteiger partial charge in [0, 0.05) is 43.5 Å². The van der Waals surface area contributed by atoms with Crippen LogP contribution in [0.15, 0.2) is 54.7 Å². The van der Waals surface area contributed by atoms with Crippen LogP contribution in [0.2, 0.25) is 0 Å². The Balaban J connectivity index is 1.53. The topological polar surface area (TPSA) is 37.8 Å². The van der Waals surface area contributed by atoms with E-state index in [0.717, 1.165) is 43.2 Å². The molecule has 0 bridgehead atoms. The molecular formula is C23H23FN3O2. The first-order valence-electron chi connectivity index (χ1n) is 9.55. The number of methoxy groups -OCH3 is 1. The van der Waals surface area contributed by atoms with Gasteiger partial charge in [0.25, 0.3) is 0 Å². The normalized spacial score (nSPS) is 14.7. The third-order valence-corrected chi connectivity index (χ3v) is 5.05. The highest BCUT2D eigenvalue weighted by atomic mass is 19.1. The number of aromatic nitrogens is 1. The molecule has 0 spiro atoms. The van der Waals surface area contributed by atoms with Crippen LogP contribution in [-0.2, 0) is 0 Å². The second-order valence-corrected chi connectivity index (χ2v) is 7.07. The Hall–Kier alpha value is -3.12. The Morgan fingerprint density at radius 3 is 2.62 bits per heavy atom. The van der Waals surface area contributed by atoms with E-state index < -0.39 is 5.82 Å². The van der Waals surface area contributed by atoms with E-state index in [4.69, 9.17) is 9.47 Å². The van der Waals surface area contributed by atoms with Crippen molar-refractivity contribution in [3.8, 4) is 28.4 Å². The van der Waals surface area contributed by atoms with Crippen molar-refractivity contribution in [2.75, 3.05) is 45.2 Å². The SMILES string of the molecule is COc1cc(-c2[c]ncc(Oc3cccc(N4CCN(C)CC4)c3)c2)ccc1F. The van der Waals surface area contributed by atoms with Gasteiger partial charge in [-0.25, -0.2) is 4.39 Å². The van der Waals surface area contributed by atoms with Gasteiger partial charge in [-0.2, -0.15) is 0 Å². The van der Waals surface area contributed by atoms with Crippen molar-refractivity contribution in [3.63, 3.8) is 0 Å². The van der Waals surface area contributed by atoms with Crippen LogP contribution in [0, 0.1) is 12.0 Å². The fraction of sp³-hybridized carbons (Fsp3) is 0.261. The largest absolute Gasteiger partial charge is 0.494 e. The van der Waals surface area contributed by atoms with Gasteiger partial charge in [-0.3, -0.25) is 4.98 Å².